The van der Waals surface area contributed by atoms with Crippen LogP contribution in [-0.4, -0.2) is 30.3 Å². The number of amides is 1. The molecular formula is C19H22N6O2. The lowest BCUT2D eigenvalue weighted by atomic mass is 10.1. The predicted molar refractivity (Wildman–Crippen MR) is 99.3 cm³/mol. The summed E-state index contributed by atoms with van der Waals surface area (Å²) in [6.07, 6.45) is 6.91. The van der Waals surface area contributed by atoms with Gasteiger partial charge in [-0.15, -0.1) is 10.2 Å². The van der Waals surface area contributed by atoms with Gasteiger partial charge >= 0.3 is 0 Å². The first kappa shape index (κ1) is 17.4. The second-order valence-electron chi connectivity index (χ2n) is 6.95. The maximum absolute atomic E-state index is 12.5. The van der Waals surface area contributed by atoms with Gasteiger partial charge in [-0.3, -0.25) is 14.0 Å². The quantitative estimate of drug-likeness (QED) is 0.705. The number of carbonyl (C=O) groups is 1. The van der Waals surface area contributed by atoms with Crippen molar-refractivity contribution in [3.63, 3.8) is 0 Å². The van der Waals surface area contributed by atoms with Crippen LogP contribution < -0.4 is 10.9 Å². The molecule has 3 aromatic heterocycles. The molecular weight excluding hydrogens is 344 g/mol. The molecule has 0 radical (unpaired) electrons. The zero-order chi connectivity index (χ0) is 18.8. The van der Waals surface area contributed by atoms with Crippen LogP contribution in [0, 0.1) is 0 Å². The summed E-state index contributed by atoms with van der Waals surface area (Å²) < 4.78 is 3.09. The van der Waals surface area contributed by atoms with Crippen molar-refractivity contribution in [1.82, 2.24) is 29.7 Å². The molecule has 1 amide bonds. The van der Waals surface area contributed by atoms with Gasteiger partial charge in [0.15, 0.2) is 11.5 Å². The number of hydrogen-bond donors (Lipinski definition) is 1. The SMILES string of the molecule is C[C@H](NC(=O)Cn1nc2c(cc1=O)CCCCC2)c1nnc2ccccn12. The van der Waals surface area contributed by atoms with Crippen LogP contribution in [0.1, 0.15) is 49.3 Å². The van der Waals surface area contributed by atoms with Crippen LogP contribution in [0.3, 0.4) is 0 Å². The van der Waals surface area contributed by atoms with E-state index in [1.807, 2.05) is 35.7 Å². The second kappa shape index (κ2) is 7.30. The molecule has 0 saturated heterocycles. The third-order valence-electron chi connectivity index (χ3n) is 4.92. The molecule has 3 aromatic rings. The fourth-order valence-corrected chi connectivity index (χ4v) is 3.53. The first-order valence-corrected chi connectivity index (χ1v) is 9.31. The Balaban J connectivity index is 1.49. The Hall–Kier alpha value is -3.03. The molecule has 0 aliphatic heterocycles. The largest absolute Gasteiger partial charge is 0.345 e. The maximum atomic E-state index is 12.5. The lowest BCUT2D eigenvalue weighted by molar-refractivity contribution is -0.122. The summed E-state index contributed by atoms with van der Waals surface area (Å²) in [4.78, 5) is 24.8. The van der Waals surface area contributed by atoms with Crippen molar-refractivity contribution in [2.24, 2.45) is 0 Å². The molecule has 1 atom stereocenters. The molecule has 0 spiro atoms. The second-order valence-corrected chi connectivity index (χ2v) is 6.95. The van der Waals surface area contributed by atoms with Crippen molar-refractivity contribution in [2.75, 3.05) is 0 Å². The van der Waals surface area contributed by atoms with Crippen molar-refractivity contribution in [3.05, 3.63) is 57.9 Å². The van der Waals surface area contributed by atoms with E-state index in [4.69, 9.17) is 0 Å². The Morgan fingerprint density at radius 3 is 2.96 bits per heavy atom. The fraction of sp³-hybridized carbons (Fsp3) is 0.421. The van der Waals surface area contributed by atoms with Gasteiger partial charge in [0.2, 0.25) is 5.91 Å². The van der Waals surface area contributed by atoms with Crippen molar-refractivity contribution in [1.29, 1.82) is 0 Å². The van der Waals surface area contributed by atoms with Gasteiger partial charge in [0, 0.05) is 12.3 Å². The lowest BCUT2D eigenvalue weighted by Gasteiger charge is -2.14. The lowest BCUT2D eigenvalue weighted by Crippen LogP contribution is -2.36. The van der Waals surface area contributed by atoms with Crippen LogP contribution in [0.15, 0.2) is 35.3 Å². The average Bonchev–Trinajstić information content (AvgIpc) is 2.96. The molecule has 27 heavy (non-hydrogen) atoms. The molecule has 0 bridgehead atoms. The summed E-state index contributed by atoms with van der Waals surface area (Å²) in [7, 11) is 0. The number of pyridine rings is 1. The fourth-order valence-electron chi connectivity index (χ4n) is 3.53. The maximum Gasteiger partial charge on any atom is 0.267 e. The minimum absolute atomic E-state index is 0.104. The van der Waals surface area contributed by atoms with Gasteiger partial charge in [0.05, 0.1) is 11.7 Å². The molecule has 1 N–H and O–H groups in total. The van der Waals surface area contributed by atoms with Gasteiger partial charge in [-0.25, -0.2) is 4.68 Å². The highest BCUT2D eigenvalue weighted by Gasteiger charge is 2.18. The molecule has 3 heterocycles. The first-order chi connectivity index (χ1) is 13.1. The number of carbonyl (C=O) groups excluding carboxylic acids is 1. The summed E-state index contributed by atoms with van der Waals surface area (Å²) >= 11 is 0. The topological polar surface area (TPSA) is 94.2 Å². The first-order valence-electron chi connectivity index (χ1n) is 9.31. The van der Waals surface area contributed by atoms with Crippen LogP contribution in [0.4, 0.5) is 0 Å². The molecule has 4 rings (SSSR count). The Kier molecular flexibility index (Phi) is 4.70. The highest BCUT2D eigenvalue weighted by Crippen LogP contribution is 2.17. The van der Waals surface area contributed by atoms with Crippen molar-refractivity contribution < 1.29 is 4.79 Å². The number of aromatic nitrogens is 5. The van der Waals surface area contributed by atoms with Gasteiger partial charge in [0.25, 0.3) is 5.56 Å². The van der Waals surface area contributed by atoms with Crippen molar-refractivity contribution in [3.8, 4) is 0 Å². The number of nitrogens with one attached hydrogen (secondary N) is 1. The van der Waals surface area contributed by atoms with Crippen LogP contribution >= 0.6 is 0 Å². The number of aryl methyl sites for hydroxylation is 2. The Bertz CT molecular complexity index is 1040. The van der Waals surface area contributed by atoms with Gasteiger partial charge in [-0.2, -0.15) is 5.10 Å². The van der Waals surface area contributed by atoms with Crippen LogP contribution in [0.2, 0.25) is 0 Å². The van der Waals surface area contributed by atoms with Crippen LogP contribution in [0.25, 0.3) is 5.65 Å². The van der Waals surface area contributed by atoms with E-state index in [0.717, 1.165) is 49.0 Å². The summed E-state index contributed by atoms with van der Waals surface area (Å²) in [5.74, 6) is 0.361. The average molecular weight is 366 g/mol. The Morgan fingerprint density at radius 1 is 1.22 bits per heavy atom. The normalized spacial score (nSPS) is 15.1. The number of hydrogen-bond acceptors (Lipinski definition) is 5. The monoisotopic (exact) mass is 366 g/mol. The molecule has 0 fully saturated rings. The van der Waals surface area contributed by atoms with E-state index in [1.54, 1.807) is 6.07 Å². The summed E-state index contributed by atoms with van der Waals surface area (Å²) in [5, 5.41) is 15.6. The minimum atomic E-state index is -0.341. The molecule has 0 saturated carbocycles. The highest BCUT2D eigenvalue weighted by atomic mass is 16.2. The number of fused-ring (bicyclic) bond motifs is 2. The summed E-state index contributed by atoms with van der Waals surface area (Å²) in [5.41, 5.74) is 2.46. The van der Waals surface area contributed by atoms with Gasteiger partial charge in [0.1, 0.15) is 6.54 Å². The highest BCUT2D eigenvalue weighted by molar-refractivity contribution is 5.76. The number of nitrogens with zero attached hydrogens (tertiary/aromatic N) is 5. The van der Waals surface area contributed by atoms with Crippen molar-refractivity contribution in [2.45, 2.75) is 51.6 Å². The van der Waals surface area contributed by atoms with Gasteiger partial charge < -0.3 is 5.32 Å². The van der Waals surface area contributed by atoms with Crippen LogP contribution in [-0.2, 0) is 24.2 Å². The molecule has 8 nitrogen and oxygen atoms in total. The van der Waals surface area contributed by atoms with Gasteiger partial charge in [-0.05, 0) is 50.3 Å². The van der Waals surface area contributed by atoms with E-state index in [2.05, 4.69) is 20.6 Å². The molecule has 0 unspecified atom stereocenters. The molecule has 140 valence electrons. The summed E-state index contributed by atoms with van der Waals surface area (Å²) in [6, 6.07) is 6.91. The molecule has 1 aliphatic rings. The van der Waals surface area contributed by atoms with E-state index < -0.39 is 0 Å². The zero-order valence-corrected chi connectivity index (χ0v) is 15.3. The van der Waals surface area contributed by atoms with E-state index in [0.29, 0.717) is 5.82 Å². The standard InChI is InChI=1S/C19H22N6O2/c1-13(19-22-21-16-9-5-6-10-24(16)19)20-17(26)12-25-18(27)11-14-7-3-2-4-8-15(14)23-25/h5-6,9-11,13H,2-4,7-8,12H2,1H3,(H,20,26)/t13-/m0/s1. The van der Waals surface area contributed by atoms with Crippen LogP contribution in [0.5, 0.6) is 0 Å². The van der Waals surface area contributed by atoms with E-state index in [-0.39, 0.29) is 24.1 Å². The number of rotatable bonds is 4. The molecule has 1 aliphatic carbocycles. The minimum Gasteiger partial charge on any atom is -0.345 e. The van der Waals surface area contributed by atoms with Gasteiger partial charge in [-0.1, -0.05) is 12.5 Å². The summed E-state index contributed by atoms with van der Waals surface area (Å²) in [6.45, 7) is 1.74. The van der Waals surface area contributed by atoms with Crippen molar-refractivity contribution >= 4 is 11.6 Å². The van der Waals surface area contributed by atoms with E-state index in [1.165, 1.54) is 4.68 Å². The Labute approximate surface area is 156 Å². The Morgan fingerprint density at radius 2 is 2.07 bits per heavy atom. The zero-order valence-electron chi connectivity index (χ0n) is 15.3. The van der Waals surface area contributed by atoms with E-state index >= 15 is 0 Å². The van der Waals surface area contributed by atoms with E-state index in [9.17, 15) is 9.59 Å². The predicted octanol–water partition coefficient (Wildman–Crippen LogP) is 1.43. The third kappa shape index (κ3) is 3.60. The smallest absolute Gasteiger partial charge is 0.267 e. The third-order valence-corrected chi connectivity index (χ3v) is 4.92. The molecule has 8 heteroatoms. The molecule has 0 aromatic carbocycles.